The van der Waals surface area contributed by atoms with Crippen LogP contribution in [0.25, 0.3) is 6.08 Å². The molecule has 1 aliphatic heterocycles. The molecule has 1 fully saturated rings. The fraction of sp³-hybridized carbons (Fsp3) is 0.474. The first-order chi connectivity index (χ1) is 12.0. The van der Waals surface area contributed by atoms with Crippen molar-refractivity contribution in [2.45, 2.75) is 39.5 Å². The van der Waals surface area contributed by atoms with Gasteiger partial charge in [-0.3, -0.25) is 4.79 Å². The minimum atomic E-state index is 0.0236. The molecule has 0 saturated carbocycles. The second kappa shape index (κ2) is 10.3. The smallest absolute Gasteiger partial charge is 0.270 e. The minimum Gasteiger partial charge on any atom is -0.317 e. The van der Waals surface area contributed by atoms with E-state index in [1.54, 1.807) is 4.90 Å². The van der Waals surface area contributed by atoms with Gasteiger partial charge in [-0.05, 0) is 36.6 Å². The molecule has 0 atom stereocenters. The van der Waals surface area contributed by atoms with Crippen LogP contribution in [0.4, 0.5) is 0 Å². The van der Waals surface area contributed by atoms with Gasteiger partial charge in [0.25, 0.3) is 5.91 Å². The molecule has 136 valence electrons. The van der Waals surface area contributed by atoms with E-state index in [2.05, 4.69) is 13.8 Å². The maximum Gasteiger partial charge on any atom is 0.270 e. The largest absolute Gasteiger partial charge is 0.317 e. The second-order valence-corrected chi connectivity index (χ2v) is 8.39. The number of thiocarbonyl (C=S) groups is 1. The van der Waals surface area contributed by atoms with Gasteiger partial charge in [0.05, 0.1) is 18.0 Å². The third-order valence-electron chi connectivity index (χ3n) is 4.19. The van der Waals surface area contributed by atoms with Crippen LogP contribution in [-0.4, -0.2) is 34.9 Å². The lowest BCUT2D eigenvalue weighted by molar-refractivity contribution is -0.907. The van der Waals surface area contributed by atoms with Gasteiger partial charge in [-0.15, -0.1) is 0 Å². The lowest BCUT2D eigenvalue weighted by atomic mass is 10.2. The Labute approximate surface area is 165 Å². The average Bonchev–Trinajstić information content (AvgIpc) is 2.86. The normalized spacial score (nSPS) is 16.5. The Morgan fingerprint density at radius 1 is 1.16 bits per heavy atom. The van der Waals surface area contributed by atoms with Crippen LogP contribution in [0.3, 0.4) is 0 Å². The first-order valence-corrected chi connectivity index (χ1v) is 10.5. The van der Waals surface area contributed by atoms with Crippen molar-refractivity contribution in [1.29, 1.82) is 0 Å². The van der Waals surface area contributed by atoms with Gasteiger partial charge in [0, 0.05) is 5.02 Å². The summed E-state index contributed by atoms with van der Waals surface area (Å²) in [4.78, 5) is 16.7. The Morgan fingerprint density at radius 2 is 1.76 bits per heavy atom. The molecule has 6 heteroatoms. The van der Waals surface area contributed by atoms with Crippen molar-refractivity contribution in [3.05, 3.63) is 39.8 Å². The number of carbonyl (C=O) groups excluding carboxylic acids is 1. The standard InChI is InChI=1S/C19H25ClN2OS2/c1-3-5-11-21(12-6-4-2)14-22-18(23)17(25-19(22)24)13-15-7-9-16(20)10-8-15/h7-10,13H,3-6,11-12,14H2,1-2H3/p+1/b17-13-. The quantitative estimate of drug-likeness (QED) is 0.503. The van der Waals surface area contributed by atoms with E-state index in [0.29, 0.717) is 20.9 Å². The number of carbonyl (C=O) groups is 1. The van der Waals surface area contributed by atoms with E-state index in [9.17, 15) is 4.79 Å². The molecule has 0 aliphatic carbocycles. The van der Waals surface area contributed by atoms with Crippen molar-refractivity contribution in [3.8, 4) is 0 Å². The molecule has 0 unspecified atom stereocenters. The zero-order chi connectivity index (χ0) is 18.2. The van der Waals surface area contributed by atoms with Gasteiger partial charge in [-0.25, -0.2) is 4.90 Å². The molecule has 1 aliphatic rings. The SMILES string of the molecule is CCCC[NH+](CCCC)CN1C(=O)/C(=C/c2ccc(Cl)cc2)SC1=S. The zero-order valence-corrected chi connectivity index (χ0v) is 17.3. The highest BCUT2D eigenvalue weighted by Crippen LogP contribution is 2.31. The van der Waals surface area contributed by atoms with Crippen molar-refractivity contribution in [2.75, 3.05) is 19.8 Å². The summed E-state index contributed by atoms with van der Waals surface area (Å²) in [6.45, 7) is 7.24. The fourth-order valence-electron chi connectivity index (χ4n) is 2.71. The highest BCUT2D eigenvalue weighted by molar-refractivity contribution is 8.26. The van der Waals surface area contributed by atoms with Gasteiger partial charge in [0.15, 0.2) is 11.0 Å². The molecule has 3 nitrogen and oxygen atoms in total. The van der Waals surface area contributed by atoms with Crippen LogP contribution in [0.15, 0.2) is 29.2 Å². The number of amides is 1. The van der Waals surface area contributed by atoms with Crippen LogP contribution < -0.4 is 4.90 Å². The Morgan fingerprint density at radius 3 is 2.32 bits per heavy atom. The predicted molar refractivity (Wildman–Crippen MR) is 112 cm³/mol. The topological polar surface area (TPSA) is 24.8 Å². The van der Waals surface area contributed by atoms with E-state index in [-0.39, 0.29) is 5.91 Å². The van der Waals surface area contributed by atoms with E-state index >= 15 is 0 Å². The van der Waals surface area contributed by atoms with E-state index in [1.165, 1.54) is 42.3 Å². The highest BCUT2D eigenvalue weighted by atomic mass is 35.5. The number of thioether (sulfide) groups is 1. The zero-order valence-electron chi connectivity index (χ0n) is 14.9. The predicted octanol–water partition coefficient (Wildman–Crippen LogP) is 3.98. The summed E-state index contributed by atoms with van der Waals surface area (Å²) in [5.41, 5.74) is 0.964. The highest BCUT2D eigenvalue weighted by Gasteiger charge is 2.34. The van der Waals surface area contributed by atoms with Crippen molar-refractivity contribution >= 4 is 51.9 Å². The van der Waals surface area contributed by atoms with Crippen LogP contribution in [0, 0.1) is 0 Å². The summed E-state index contributed by atoms with van der Waals surface area (Å²) >= 11 is 12.8. The number of quaternary nitrogens is 1. The van der Waals surface area contributed by atoms with Gasteiger partial charge >= 0.3 is 0 Å². The molecular weight excluding hydrogens is 372 g/mol. The molecule has 1 amide bonds. The number of hydrogen-bond donors (Lipinski definition) is 1. The van der Waals surface area contributed by atoms with Crippen LogP contribution in [0.1, 0.15) is 45.1 Å². The van der Waals surface area contributed by atoms with Crippen molar-refractivity contribution in [2.24, 2.45) is 0 Å². The number of hydrogen-bond acceptors (Lipinski definition) is 3. The first kappa shape index (κ1) is 20.4. The van der Waals surface area contributed by atoms with E-state index < -0.39 is 0 Å². The summed E-state index contributed by atoms with van der Waals surface area (Å²) in [6.07, 6.45) is 6.59. The van der Waals surface area contributed by atoms with Crippen molar-refractivity contribution < 1.29 is 9.69 Å². The molecule has 25 heavy (non-hydrogen) atoms. The third-order valence-corrected chi connectivity index (χ3v) is 5.82. The lowest BCUT2D eigenvalue weighted by Gasteiger charge is -2.24. The van der Waals surface area contributed by atoms with Gasteiger partial charge in [0.1, 0.15) is 0 Å². The van der Waals surface area contributed by atoms with Crippen LogP contribution in [0.5, 0.6) is 0 Å². The molecule has 0 radical (unpaired) electrons. The molecule has 1 N–H and O–H groups in total. The van der Waals surface area contributed by atoms with Gasteiger partial charge < -0.3 is 4.90 Å². The average molecular weight is 398 g/mol. The molecule has 1 saturated heterocycles. The summed E-state index contributed by atoms with van der Waals surface area (Å²) in [6, 6.07) is 7.48. The molecule has 1 aromatic carbocycles. The molecule has 0 spiro atoms. The molecular formula is C19H26ClN2OS2+. The molecule has 0 bridgehead atoms. The number of unbranched alkanes of at least 4 members (excludes halogenated alkanes) is 2. The number of benzene rings is 1. The van der Waals surface area contributed by atoms with Crippen molar-refractivity contribution in [1.82, 2.24) is 4.90 Å². The fourth-order valence-corrected chi connectivity index (χ4v) is 4.09. The molecule has 1 heterocycles. The number of rotatable bonds is 9. The summed E-state index contributed by atoms with van der Waals surface area (Å²) in [7, 11) is 0. The van der Waals surface area contributed by atoms with E-state index in [1.807, 2.05) is 30.3 Å². The lowest BCUT2D eigenvalue weighted by Crippen LogP contribution is -3.13. The maximum absolute atomic E-state index is 12.8. The summed E-state index contributed by atoms with van der Waals surface area (Å²) in [5, 5.41) is 0.691. The third kappa shape index (κ3) is 6.10. The Kier molecular flexibility index (Phi) is 8.43. The van der Waals surface area contributed by atoms with Crippen LogP contribution >= 0.6 is 35.6 Å². The Balaban J connectivity index is 2.07. The second-order valence-electron chi connectivity index (χ2n) is 6.28. The molecule has 2 rings (SSSR count). The number of nitrogens with zero attached hydrogens (tertiary/aromatic N) is 1. The first-order valence-electron chi connectivity index (χ1n) is 8.89. The number of halogens is 1. The molecule has 0 aromatic heterocycles. The van der Waals surface area contributed by atoms with Crippen molar-refractivity contribution in [3.63, 3.8) is 0 Å². The summed E-state index contributed by atoms with van der Waals surface area (Å²) in [5.74, 6) is 0.0236. The van der Waals surface area contributed by atoms with Gasteiger partial charge in [0.2, 0.25) is 0 Å². The van der Waals surface area contributed by atoms with E-state index in [4.69, 9.17) is 23.8 Å². The van der Waals surface area contributed by atoms with E-state index in [0.717, 1.165) is 18.7 Å². The van der Waals surface area contributed by atoms with Gasteiger partial charge in [-0.1, -0.05) is 74.4 Å². The van der Waals surface area contributed by atoms with Crippen LogP contribution in [0.2, 0.25) is 5.02 Å². The monoisotopic (exact) mass is 397 g/mol. The van der Waals surface area contributed by atoms with Gasteiger partial charge in [-0.2, -0.15) is 0 Å². The maximum atomic E-state index is 12.8. The minimum absolute atomic E-state index is 0.0236. The Hall–Kier alpha value is -0.880. The van der Waals surface area contributed by atoms with Crippen LogP contribution in [-0.2, 0) is 4.79 Å². The molecule has 1 aromatic rings. The summed E-state index contributed by atoms with van der Waals surface area (Å²) < 4.78 is 0.663. The Bertz CT molecular complexity index is 623. The number of nitrogens with one attached hydrogen (secondary N) is 1.